The van der Waals surface area contributed by atoms with Gasteiger partial charge >= 0.3 is 0 Å². The van der Waals surface area contributed by atoms with E-state index >= 15 is 0 Å². The second-order valence-corrected chi connectivity index (χ2v) is 6.57. The summed E-state index contributed by atoms with van der Waals surface area (Å²) in [6.45, 7) is 6.37. The third kappa shape index (κ3) is 3.72. The average Bonchev–Trinajstić information content (AvgIpc) is 2.62. The lowest BCUT2D eigenvalue weighted by molar-refractivity contribution is 0.348. The Bertz CT molecular complexity index is 527. The molecule has 5 nitrogen and oxygen atoms in total. The average molecular weight is 309 g/mol. The first-order valence-electron chi connectivity index (χ1n) is 6.23. The van der Waals surface area contributed by atoms with Gasteiger partial charge in [-0.05, 0) is 46.2 Å². The maximum Gasteiger partial charge on any atom is 0.244 e. The van der Waals surface area contributed by atoms with Crippen molar-refractivity contribution in [2.45, 2.75) is 50.6 Å². The minimum Gasteiger partial charge on any atom is -0.465 e. The fourth-order valence-corrected chi connectivity index (χ4v) is 3.93. The minimum absolute atomic E-state index is 0. The Morgan fingerprint density at radius 2 is 2.11 bits per heavy atom. The van der Waals surface area contributed by atoms with Crippen LogP contribution in [0.3, 0.4) is 0 Å². The van der Waals surface area contributed by atoms with E-state index in [1.165, 1.54) is 0 Å². The van der Waals surface area contributed by atoms with E-state index in [0.717, 1.165) is 19.4 Å². The molecule has 1 saturated heterocycles. The second kappa shape index (κ2) is 6.26. The van der Waals surface area contributed by atoms with E-state index < -0.39 is 10.0 Å². The van der Waals surface area contributed by atoms with E-state index in [4.69, 9.17) is 4.42 Å². The van der Waals surface area contributed by atoms with Crippen LogP contribution in [0.25, 0.3) is 0 Å². The van der Waals surface area contributed by atoms with Crippen molar-refractivity contribution in [2.75, 3.05) is 6.54 Å². The van der Waals surface area contributed by atoms with Crippen LogP contribution in [0.1, 0.15) is 31.3 Å². The van der Waals surface area contributed by atoms with Crippen molar-refractivity contribution in [3.05, 3.63) is 17.6 Å². The Morgan fingerprint density at radius 3 is 2.63 bits per heavy atom. The number of piperidine rings is 1. The molecule has 1 aliphatic heterocycles. The molecule has 2 atom stereocenters. The van der Waals surface area contributed by atoms with Crippen LogP contribution in [0, 0.1) is 13.8 Å². The van der Waals surface area contributed by atoms with Crippen LogP contribution >= 0.6 is 12.4 Å². The fraction of sp³-hybridized carbons (Fsp3) is 0.667. The van der Waals surface area contributed by atoms with Crippen molar-refractivity contribution in [3.8, 4) is 0 Å². The Hall–Kier alpha value is -0.560. The molecule has 1 aromatic heterocycles. The van der Waals surface area contributed by atoms with Gasteiger partial charge in [0.25, 0.3) is 0 Å². The van der Waals surface area contributed by atoms with Gasteiger partial charge in [0.05, 0.1) is 0 Å². The first-order chi connectivity index (χ1) is 8.40. The molecule has 7 heteroatoms. The molecule has 0 aromatic carbocycles. The van der Waals surface area contributed by atoms with E-state index in [2.05, 4.69) is 10.0 Å². The highest BCUT2D eigenvalue weighted by molar-refractivity contribution is 7.89. The van der Waals surface area contributed by atoms with E-state index in [9.17, 15) is 8.42 Å². The summed E-state index contributed by atoms with van der Waals surface area (Å²) in [5.74, 6) is 1.05. The molecule has 0 bridgehead atoms. The van der Waals surface area contributed by atoms with Crippen molar-refractivity contribution in [2.24, 2.45) is 0 Å². The molecule has 0 radical (unpaired) electrons. The van der Waals surface area contributed by atoms with Gasteiger partial charge in [0, 0.05) is 12.1 Å². The number of rotatable bonds is 3. The molecule has 0 saturated carbocycles. The molecule has 2 unspecified atom stereocenters. The lowest BCUT2D eigenvalue weighted by atomic mass is 10.0. The summed E-state index contributed by atoms with van der Waals surface area (Å²) in [5, 5.41) is 3.28. The Morgan fingerprint density at radius 1 is 1.42 bits per heavy atom. The van der Waals surface area contributed by atoms with E-state index in [1.54, 1.807) is 19.9 Å². The molecule has 0 amide bonds. The van der Waals surface area contributed by atoms with Gasteiger partial charge in [-0.2, -0.15) is 0 Å². The molecule has 1 aromatic rings. The maximum absolute atomic E-state index is 12.3. The van der Waals surface area contributed by atoms with Gasteiger partial charge in [-0.1, -0.05) is 0 Å². The van der Waals surface area contributed by atoms with Gasteiger partial charge in [0.1, 0.15) is 16.4 Å². The molecular formula is C12H21ClN2O3S. The largest absolute Gasteiger partial charge is 0.465 e. The van der Waals surface area contributed by atoms with Crippen LogP contribution < -0.4 is 10.0 Å². The number of hydrogen-bond acceptors (Lipinski definition) is 4. The molecule has 2 rings (SSSR count). The minimum atomic E-state index is -3.49. The Kier molecular flexibility index (Phi) is 5.43. The van der Waals surface area contributed by atoms with Gasteiger partial charge in [-0.3, -0.25) is 0 Å². The Labute approximate surface area is 120 Å². The summed E-state index contributed by atoms with van der Waals surface area (Å²) >= 11 is 0. The molecule has 0 spiro atoms. The molecule has 2 heterocycles. The van der Waals surface area contributed by atoms with Gasteiger partial charge in [-0.15, -0.1) is 12.4 Å². The standard InChI is InChI=1S/C12H20N2O3S.ClH/c1-8-7-12(10(3)17-8)18(15,16)14-11-5-4-6-13-9(11)2;/h7,9,11,13-14H,4-6H2,1-3H3;1H. The number of halogens is 1. The quantitative estimate of drug-likeness (QED) is 0.892. The predicted octanol–water partition coefficient (Wildman–Crippen LogP) is 1.74. The third-order valence-electron chi connectivity index (χ3n) is 3.35. The highest BCUT2D eigenvalue weighted by Crippen LogP contribution is 2.20. The van der Waals surface area contributed by atoms with E-state index in [-0.39, 0.29) is 29.4 Å². The highest BCUT2D eigenvalue weighted by atomic mass is 35.5. The van der Waals surface area contributed by atoms with Crippen molar-refractivity contribution in [3.63, 3.8) is 0 Å². The van der Waals surface area contributed by atoms with Gasteiger partial charge in [0.15, 0.2) is 0 Å². The molecule has 1 aliphatic rings. The van der Waals surface area contributed by atoms with E-state index in [0.29, 0.717) is 11.5 Å². The summed E-state index contributed by atoms with van der Waals surface area (Å²) in [4.78, 5) is 0.248. The number of nitrogens with one attached hydrogen (secondary N) is 2. The van der Waals surface area contributed by atoms with Crippen LogP contribution in [-0.2, 0) is 10.0 Å². The third-order valence-corrected chi connectivity index (χ3v) is 4.95. The summed E-state index contributed by atoms with van der Waals surface area (Å²) in [5.41, 5.74) is 0. The maximum atomic E-state index is 12.3. The lowest BCUT2D eigenvalue weighted by Crippen LogP contribution is -2.51. The number of sulfonamides is 1. The zero-order valence-corrected chi connectivity index (χ0v) is 13.0. The van der Waals surface area contributed by atoms with Gasteiger partial charge in [0.2, 0.25) is 10.0 Å². The monoisotopic (exact) mass is 308 g/mol. The smallest absolute Gasteiger partial charge is 0.244 e. The summed E-state index contributed by atoms with van der Waals surface area (Å²) in [6, 6.07) is 1.67. The second-order valence-electron chi connectivity index (χ2n) is 4.89. The van der Waals surface area contributed by atoms with Crippen molar-refractivity contribution >= 4 is 22.4 Å². The Balaban J connectivity index is 0.00000180. The zero-order valence-electron chi connectivity index (χ0n) is 11.4. The molecule has 19 heavy (non-hydrogen) atoms. The van der Waals surface area contributed by atoms with Gasteiger partial charge < -0.3 is 9.73 Å². The van der Waals surface area contributed by atoms with Crippen LogP contribution in [0.5, 0.6) is 0 Å². The summed E-state index contributed by atoms with van der Waals surface area (Å²) in [7, 11) is -3.49. The first-order valence-corrected chi connectivity index (χ1v) is 7.71. The number of aryl methyl sites for hydroxylation is 2. The highest BCUT2D eigenvalue weighted by Gasteiger charge is 2.28. The number of furan rings is 1. The summed E-state index contributed by atoms with van der Waals surface area (Å²) in [6.07, 6.45) is 1.85. The van der Waals surface area contributed by atoms with Gasteiger partial charge in [-0.25, -0.2) is 13.1 Å². The van der Waals surface area contributed by atoms with Crippen molar-refractivity contribution in [1.82, 2.24) is 10.0 Å². The van der Waals surface area contributed by atoms with Crippen molar-refractivity contribution < 1.29 is 12.8 Å². The van der Waals surface area contributed by atoms with Crippen LogP contribution in [0.15, 0.2) is 15.4 Å². The predicted molar refractivity (Wildman–Crippen MR) is 76.2 cm³/mol. The van der Waals surface area contributed by atoms with Crippen LogP contribution in [0.2, 0.25) is 0 Å². The van der Waals surface area contributed by atoms with Crippen LogP contribution in [-0.4, -0.2) is 27.0 Å². The molecular weight excluding hydrogens is 288 g/mol. The SMILES string of the molecule is Cc1cc(S(=O)(=O)NC2CCCNC2C)c(C)o1.Cl. The normalized spacial score (nSPS) is 23.9. The molecule has 0 aliphatic carbocycles. The van der Waals surface area contributed by atoms with E-state index in [1.807, 2.05) is 6.92 Å². The van der Waals surface area contributed by atoms with Crippen LogP contribution in [0.4, 0.5) is 0 Å². The first kappa shape index (κ1) is 16.5. The topological polar surface area (TPSA) is 71.3 Å². The zero-order chi connectivity index (χ0) is 13.3. The number of hydrogen-bond donors (Lipinski definition) is 2. The lowest BCUT2D eigenvalue weighted by Gasteiger charge is -2.30. The molecule has 110 valence electrons. The van der Waals surface area contributed by atoms with Crippen molar-refractivity contribution in [1.29, 1.82) is 0 Å². The fourth-order valence-electron chi connectivity index (χ4n) is 2.34. The molecule has 1 fully saturated rings. The molecule has 2 N–H and O–H groups in total. The summed E-state index contributed by atoms with van der Waals surface area (Å²) < 4.78 is 32.6.